The topological polar surface area (TPSA) is 66.5 Å². The van der Waals surface area contributed by atoms with Gasteiger partial charge in [0, 0.05) is 19.6 Å². The van der Waals surface area contributed by atoms with Crippen LogP contribution in [0.2, 0.25) is 0 Å². The Balaban J connectivity index is 1.56. The van der Waals surface area contributed by atoms with Crippen LogP contribution in [0.15, 0.2) is 21.7 Å². The monoisotopic (exact) mass is 370 g/mol. The van der Waals surface area contributed by atoms with Crippen molar-refractivity contribution >= 4 is 27.3 Å². The fourth-order valence-corrected chi connectivity index (χ4v) is 6.36. The average molecular weight is 371 g/mol. The minimum absolute atomic E-state index is 0.0200. The van der Waals surface area contributed by atoms with Gasteiger partial charge in [0.25, 0.3) is 10.0 Å². The molecule has 1 amide bonds. The van der Waals surface area contributed by atoms with Crippen molar-refractivity contribution in [3.8, 4) is 0 Å². The molecule has 1 aromatic heterocycles. The molecule has 0 unspecified atom stereocenters. The van der Waals surface area contributed by atoms with Crippen LogP contribution in [0.25, 0.3) is 0 Å². The third-order valence-electron chi connectivity index (χ3n) is 5.13. The van der Waals surface area contributed by atoms with Crippen LogP contribution in [-0.4, -0.2) is 38.3 Å². The quantitative estimate of drug-likeness (QED) is 0.867. The van der Waals surface area contributed by atoms with E-state index in [0.29, 0.717) is 23.2 Å². The predicted octanol–water partition coefficient (Wildman–Crippen LogP) is 2.85. The van der Waals surface area contributed by atoms with Gasteiger partial charge >= 0.3 is 0 Å². The van der Waals surface area contributed by atoms with Gasteiger partial charge in [-0.25, -0.2) is 8.42 Å². The summed E-state index contributed by atoms with van der Waals surface area (Å²) in [4.78, 5) is 12.5. The molecule has 1 saturated carbocycles. The first-order valence-corrected chi connectivity index (χ1v) is 11.2. The highest BCUT2D eigenvalue weighted by atomic mass is 32.2. The van der Waals surface area contributed by atoms with Crippen molar-refractivity contribution in [2.45, 2.75) is 49.2 Å². The Bertz CT molecular complexity index is 637. The van der Waals surface area contributed by atoms with Crippen LogP contribution >= 0.6 is 11.3 Å². The summed E-state index contributed by atoms with van der Waals surface area (Å²) < 4.78 is 27.1. The Morgan fingerprint density at radius 1 is 1.21 bits per heavy atom. The van der Waals surface area contributed by atoms with Gasteiger partial charge in [0.05, 0.1) is 5.92 Å². The van der Waals surface area contributed by atoms with Gasteiger partial charge in [0.2, 0.25) is 5.91 Å². The molecule has 2 fully saturated rings. The van der Waals surface area contributed by atoms with Gasteiger partial charge in [-0.3, -0.25) is 4.79 Å². The van der Waals surface area contributed by atoms with Crippen molar-refractivity contribution < 1.29 is 13.2 Å². The molecule has 1 aliphatic heterocycles. The largest absolute Gasteiger partial charge is 0.356 e. The van der Waals surface area contributed by atoms with E-state index in [9.17, 15) is 13.2 Å². The van der Waals surface area contributed by atoms with E-state index in [2.05, 4.69) is 5.32 Å². The number of carbonyl (C=O) groups is 1. The van der Waals surface area contributed by atoms with E-state index in [4.69, 9.17) is 0 Å². The number of amides is 1. The molecule has 1 atom stereocenters. The van der Waals surface area contributed by atoms with Crippen LogP contribution in [0, 0.1) is 11.8 Å². The van der Waals surface area contributed by atoms with Crippen LogP contribution in [0.3, 0.4) is 0 Å². The molecule has 7 heteroatoms. The molecular weight excluding hydrogens is 344 g/mol. The predicted molar refractivity (Wildman–Crippen MR) is 95.4 cm³/mol. The van der Waals surface area contributed by atoms with Crippen LogP contribution in [0.5, 0.6) is 0 Å². The van der Waals surface area contributed by atoms with Gasteiger partial charge < -0.3 is 5.32 Å². The van der Waals surface area contributed by atoms with Crippen LogP contribution < -0.4 is 5.32 Å². The maximum absolute atomic E-state index is 12.6. The zero-order valence-corrected chi connectivity index (χ0v) is 15.6. The number of thiophene rings is 1. The molecule has 3 rings (SSSR count). The third kappa shape index (κ3) is 4.18. The Hall–Kier alpha value is -0.920. The van der Waals surface area contributed by atoms with Crippen molar-refractivity contribution in [2.75, 3.05) is 19.6 Å². The summed E-state index contributed by atoms with van der Waals surface area (Å²) in [5.41, 5.74) is 0. The molecule has 5 nitrogen and oxygen atoms in total. The number of hydrogen-bond acceptors (Lipinski definition) is 4. The van der Waals surface area contributed by atoms with Gasteiger partial charge in [0.15, 0.2) is 0 Å². The van der Waals surface area contributed by atoms with E-state index in [0.717, 1.165) is 19.4 Å². The van der Waals surface area contributed by atoms with Gasteiger partial charge in [-0.15, -0.1) is 11.3 Å². The molecule has 0 spiro atoms. The summed E-state index contributed by atoms with van der Waals surface area (Å²) in [5.74, 6) is 0.390. The maximum Gasteiger partial charge on any atom is 0.252 e. The molecule has 0 radical (unpaired) electrons. The second-order valence-corrected chi connectivity index (χ2v) is 10.00. The normalized spacial score (nSPS) is 23.9. The third-order valence-corrected chi connectivity index (χ3v) is 8.37. The molecule has 1 N–H and O–H groups in total. The lowest BCUT2D eigenvalue weighted by molar-refractivity contribution is -0.126. The highest BCUT2D eigenvalue weighted by Gasteiger charge is 2.33. The van der Waals surface area contributed by atoms with Crippen molar-refractivity contribution in [1.29, 1.82) is 0 Å². The van der Waals surface area contributed by atoms with Gasteiger partial charge in [0.1, 0.15) is 4.21 Å². The Kier molecular flexibility index (Phi) is 5.94. The first-order valence-electron chi connectivity index (χ1n) is 8.89. The minimum atomic E-state index is -3.45. The summed E-state index contributed by atoms with van der Waals surface area (Å²) in [5, 5.41) is 4.84. The summed E-state index contributed by atoms with van der Waals surface area (Å²) in [6, 6.07) is 3.38. The smallest absolute Gasteiger partial charge is 0.252 e. The Labute approximate surface area is 148 Å². The van der Waals surface area contributed by atoms with E-state index in [1.807, 2.05) is 0 Å². The second kappa shape index (κ2) is 7.97. The molecule has 2 heterocycles. The minimum Gasteiger partial charge on any atom is -0.356 e. The number of carbonyl (C=O) groups excluding carboxylic acids is 1. The van der Waals surface area contributed by atoms with Crippen LogP contribution in [0.4, 0.5) is 0 Å². The Morgan fingerprint density at radius 3 is 2.71 bits per heavy atom. The molecule has 24 heavy (non-hydrogen) atoms. The summed E-state index contributed by atoms with van der Waals surface area (Å²) in [6.07, 6.45) is 7.74. The SMILES string of the molecule is O=C(NCC1CCCCC1)[C@H]1CCCN(S(=O)(=O)c2cccs2)C1. The van der Waals surface area contributed by atoms with E-state index in [1.165, 1.54) is 47.7 Å². The van der Waals surface area contributed by atoms with E-state index in [1.54, 1.807) is 17.5 Å². The van der Waals surface area contributed by atoms with Gasteiger partial charge in [-0.2, -0.15) is 4.31 Å². The highest BCUT2D eigenvalue weighted by molar-refractivity contribution is 7.91. The molecule has 1 aliphatic carbocycles. The first kappa shape index (κ1) is 17.9. The van der Waals surface area contributed by atoms with Gasteiger partial charge in [-0.1, -0.05) is 25.3 Å². The van der Waals surface area contributed by atoms with Crippen molar-refractivity contribution in [3.05, 3.63) is 17.5 Å². The van der Waals surface area contributed by atoms with Crippen molar-refractivity contribution in [1.82, 2.24) is 9.62 Å². The molecule has 134 valence electrons. The second-order valence-electron chi connectivity index (χ2n) is 6.88. The lowest BCUT2D eigenvalue weighted by atomic mass is 9.89. The molecule has 0 bridgehead atoms. The van der Waals surface area contributed by atoms with Crippen molar-refractivity contribution in [3.63, 3.8) is 0 Å². The fraction of sp³-hybridized carbons (Fsp3) is 0.706. The lowest BCUT2D eigenvalue weighted by Crippen LogP contribution is -2.46. The van der Waals surface area contributed by atoms with Crippen molar-refractivity contribution in [2.24, 2.45) is 11.8 Å². The summed E-state index contributed by atoms with van der Waals surface area (Å²) in [6.45, 7) is 1.55. The fourth-order valence-electron chi connectivity index (χ4n) is 3.69. The first-order chi connectivity index (χ1) is 11.6. The zero-order chi connectivity index (χ0) is 17.0. The number of rotatable bonds is 5. The van der Waals surface area contributed by atoms with Crippen LogP contribution in [0.1, 0.15) is 44.9 Å². The van der Waals surface area contributed by atoms with Crippen LogP contribution in [-0.2, 0) is 14.8 Å². The lowest BCUT2D eigenvalue weighted by Gasteiger charge is -2.31. The standard InChI is InChI=1S/C17H26N2O3S2/c20-17(18-12-14-6-2-1-3-7-14)15-8-4-10-19(13-15)24(21,22)16-9-5-11-23-16/h5,9,11,14-15H,1-4,6-8,10,12-13H2,(H,18,20)/t15-/m0/s1. The van der Waals surface area contributed by atoms with E-state index >= 15 is 0 Å². The molecule has 1 saturated heterocycles. The van der Waals surface area contributed by atoms with E-state index in [-0.39, 0.29) is 11.8 Å². The summed E-state index contributed by atoms with van der Waals surface area (Å²) in [7, 11) is -3.45. The summed E-state index contributed by atoms with van der Waals surface area (Å²) >= 11 is 1.23. The number of sulfonamides is 1. The number of nitrogens with one attached hydrogen (secondary N) is 1. The molecular formula is C17H26N2O3S2. The van der Waals surface area contributed by atoms with Gasteiger partial charge in [-0.05, 0) is 43.0 Å². The maximum atomic E-state index is 12.6. The molecule has 2 aliphatic rings. The number of hydrogen-bond donors (Lipinski definition) is 1. The zero-order valence-electron chi connectivity index (χ0n) is 13.9. The number of nitrogens with zero attached hydrogens (tertiary/aromatic N) is 1. The number of piperidine rings is 1. The average Bonchev–Trinajstić information content (AvgIpc) is 3.16. The molecule has 1 aromatic rings. The Morgan fingerprint density at radius 2 is 2.00 bits per heavy atom. The highest BCUT2D eigenvalue weighted by Crippen LogP contribution is 2.27. The molecule has 0 aromatic carbocycles. The van der Waals surface area contributed by atoms with E-state index < -0.39 is 10.0 Å².